The third kappa shape index (κ3) is 2.00. The number of aliphatic hydroxyl groups is 1. The first-order chi connectivity index (χ1) is 10.6. The summed E-state index contributed by atoms with van der Waals surface area (Å²) in [7, 11) is 0. The van der Waals surface area contributed by atoms with Gasteiger partial charge in [0.15, 0.2) is 11.5 Å². The Balaban J connectivity index is 1.71. The van der Waals surface area contributed by atoms with Crippen LogP contribution in [0.25, 0.3) is 0 Å². The molecule has 0 saturated carbocycles. The van der Waals surface area contributed by atoms with Gasteiger partial charge in [-0.15, -0.1) is 0 Å². The van der Waals surface area contributed by atoms with Gasteiger partial charge in [0, 0.05) is 24.1 Å². The van der Waals surface area contributed by atoms with Gasteiger partial charge in [-0.3, -0.25) is 0 Å². The van der Waals surface area contributed by atoms with Gasteiger partial charge in [0.1, 0.15) is 23.4 Å². The molecule has 3 N–H and O–H groups in total. The molecule has 0 spiro atoms. The molecule has 0 bridgehead atoms. The largest absolute Gasteiger partial charge is 0.508 e. The van der Waals surface area contributed by atoms with E-state index in [0.717, 1.165) is 5.56 Å². The van der Waals surface area contributed by atoms with Gasteiger partial charge in [-0.05, 0) is 17.7 Å². The Morgan fingerprint density at radius 3 is 2.64 bits per heavy atom. The average molecular weight is 302 g/mol. The monoisotopic (exact) mass is 302 g/mol. The van der Waals surface area contributed by atoms with Gasteiger partial charge in [-0.25, -0.2) is 0 Å². The Labute approximate surface area is 126 Å². The number of hydrogen-bond donors (Lipinski definition) is 3. The number of aromatic hydroxyl groups is 2. The number of hydrogen-bond acceptors (Lipinski definition) is 6. The lowest BCUT2D eigenvalue weighted by Crippen LogP contribution is -2.30. The molecule has 114 valence electrons. The molecule has 6 heteroatoms. The first-order valence-corrected chi connectivity index (χ1v) is 6.91. The van der Waals surface area contributed by atoms with Crippen molar-refractivity contribution in [3.8, 4) is 28.7 Å². The van der Waals surface area contributed by atoms with Crippen LogP contribution in [0.4, 0.5) is 0 Å². The number of aliphatic hydroxyl groups excluding tert-OH is 1. The Kier molecular flexibility index (Phi) is 2.80. The first-order valence-electron chi connectivity index (χ1n) is 6.91. The minimum atomic E-state index is -0.816. The average Bonchev–Trinajstić information content (AvgIpc) is 2.95. The smallest absolute Gasteiger partial charge is 0.231 e. The van der Waals surface area contributed by atoms with Crippen LogP contribution in [0.2, 0.25) is 0 Å². The van der Waals surface area contributed by atoms with Crippen molar-refractivity contribution in [3.05, 3.63) is 41.5 Å². The zero-order valence-electron chi connectivity index (χ0n) is 11.5. The molecule has 2 unspecified atom stereocenters. The quantitative estimate of drug-likeness (QED) is 0.745. The van der Waals surface area contributed by atoms with Gasteiger partial charge in [0.2, 0.25) is 6.79 Å². The molecule has 2 heterocycles. The summed E-state index contributed by atoms with van der Waals surface area (Å²) in [4.78, 5) is 0. The maximum atomic E-state index is 10.3. The van der Waals surface area contributed by atoms with Crippen LogP contribution in [0, 0.1) is 0 Å². The first kappa shape index (κ1) is 13.1. The van der Waals surface area contributed by atoms with Crippen LogP contribution in [0.15, 0.2) is 30.3 Å². The molecule has 0 aromatic heterocycles. The SMILES string of the molecule is Oc1cc(O)c2c(c1)OC(c1ccc3c(c1)OCO3)C(O)C2. The molecule has 0 aliphatic carbocycles. The predicted octanol–water partition coefficient (Wildman–Crippen LogP) is 1.86. The van der Waals surface area contributed by atoms with Crippen molar-refractivity contribution in [2.75, 3.05) is 6.79 Å². The third-order valence-electron chi connectivity index (χ3n) is 3.91. The zero-order chi connectivity index (χ0) is 15.3. The molecule has 2 aliphatic heterocycles. The standard InChI is InChI=1S/C16H14O6/c17-9-4-11(18)10-6-12(19)16(22-14(10)5-9)8-1-2-13-15(3-8)21-7-20-13/h1-5,12,16-19H,6-7H2. The van der Waals surface area contributed by atoms with Crippen molar-refractivity contribution < 1.29 is 29.5 Å². The summed E-state index contributed by atoms with van der Waals surface area (Å²) in [5, 5.41) is 29.8. The van der Waals surface area contributed by atoms with E-state index >= 15 is 0 Å². The Bertz CT molecular complexity index is 742. The highest BCUT2D eigenvalue weighted by atomic mass is 16.7. The maximum Gasteiger partial charge on any atom is 0.231 e. The summed E-state index contributed by atoms with van der Waals surface area (Å²) in [6.45, 7) is 0.178. The van der Waals surface area contributed by atoms with Crippen molar-refractivity contribution in [2.24, 2.45) is 0 Å². The minimum Gasteiger partial charge on any atom is -0.508 e. The van der Waals surface area contributed by atoms with E-state index in [2.05, 4.69) is 0 Å². The van der Waals surface area contributed by atoms with Crippen LogP contribution >= 0.6 is 0 Å². The minimum absolute atomic E-state index is 0.0850. The fourth-order valence-corrected chi connectivity index (χ4v) is 2.84. The predicted molar refractivity (Wildman–Crippen MR) is 75.4 cm³/mol. The fourth-order valence-electron chi connectivity index (χ4n) is 2.84. The molecule has 2 aromatic rings. The van der Waals surface area contributed by atoms with Crippen LogP contribution in [0.5, 0.6) is 28.7 Å². The molecule has 4 rings (SSSR count). The second kappa shape index (κ2) is 4.71. The third-order valence-corrected chi connectivity index (χ3v) is 3.91. The highest BCUT2D eigenvalue weighted by Crippen LogP contribution is 2.43. The van der Waals surface area contributed by atoms with E-state index < -0.39 is 12.2 Å². The highest BCUT2D eigenvalue weighted by molar-refractivity contribution is 5.52. The molecule has 2 atom stereocenters. The second-order valence-corrected chi connectivity index (χ2v) is 5.36. The maximum absolute atomic E-state index is 10.3. The molecule has 0 radical (unpaired) electrons. The molecule has 2 aliphatic rings. The molecule has 22 heavy (non-hydrogen) atoms. The van der Waals surface area contributed by atoms with Gasteiger partial charge in [-0.2, -0.15) is 0 Å². The summed E-state index contributed by atoms with van der Waals surface area (Å²) in [5.41, 5.74) is 1.23. The second-order valence-electron chi connectivity index (χ2n) is 5.36. The van der Waals surface area contributed by atoms with Gasteiger partial charge < -0.3 is 29.5 Å². The summed E-state index contributed by atoms with van der Waals surface area (Å²) in [6, 6.07) is 8.00. The van der Waals surface area contributed by atoms with Crippen molar-refractivity contribution in [1.29, 1.82) is 0 Å². The summed E-state index contributed by atoms with van der Waals surface area (Å²) < 4.78 is 16.4. The van der Waals surface area contributed by atoms with Crippen molar-refractivity contribution >= 4 is 0 Å². The van der Waals surface area contributed by atoms with E-state index in [9.17, 15) is 15.3 Å². The van der Waals surface area contributed by atoms with Crippen LogP contribution in [-0.2, 0) is 6.42 Å². The van der Waals surface area contributed by atoms with E-state index in [-0.39, 0.29) is 24.7 Å². The van der Waals surface area contributed by atoms with Gasteiger partial charge in [0.05, 0.1) is 6.10 Å². The van der Waals surface area contributed by atoms with Crippen molar-refractivity contribution in [3.63, 3.8) is 0 Å². The van der Waals surface area contributed by atoms with Gasteiger partial charge >= 0.3 is 0 Å². The molecule has 2 aromatic carbocycles. The molecule has 0 amide bonds. The van der Waals surface area contributed by atoms with Crippen molar-refractivity contribution in [1.82, 2.24) is 0 Å². The molecular weight excluding hydrogens is 288 g/mol. The number of fused-ring (bicyclic) bond motifs is 2. The number of rotatable bonds is 1. The number of phenolic OH excluding ortho intramolecular Hbond substituents is 2. The van der Waals surface area contributed by atoms with E-state index in [1.165, 1.54) is 12.1 Å². The molecule has 6 nitrogen and oxygen atoms in total. The highest BCUT2D eigenvalue weighted by Gasteiger charge is 2.33. The number of benzene rings is 2. The van der Waals surface area contributed by atoms with Crippen molar-refractivity contribution in [2.45, 2.75) is 18.6 Å². The van der Waals surface area contributed by atoms with Crippen LogP contribution in [0.1, 0.15) is 17.2 Å². The number of ether oxygens (including phenoxy) is 3. The molecule has 0 saturated heterocycles. The summed E-state index contributed by atoms with van der Waals surface area (Å²) >= 11 is 0. The zero-order valence-corrected chi connectivity index (χ0v) is 11.5. The Hall–Kier alpha value is -2.60. The van der Waals surface area contributed by atoms with E-state index in [1.807, 2.05) is 0 Å². The lowest BCUT2D eigenvalue weighted by atomic mass is 9.94. The van der Waals surface area contributed by atoms with E-state index in [0.29, 0.717) is 22.8 Å². The molecular formula is C16H14O6. The lowest BCUT2D eigenvalue weighted by Gasteiger charge is -2.31. The van der Waals surface area contributed by atoms with E-state index in [4.69, 9.17) is 14.2 Å². The fraction of sp³-hybridized carbons (Fsp3) is 0.250. The number of phenols is 2. The Morgan fingerprint density at radius 1 is 0.955 bits per heavy atom. The van der Waals surface area contributed by atoms with Gasteiger partial charge in [-0.1, -0.05) is 6.07 Å². The van der Waals surface area contributed by atoms with Crippen LogP contribution in [-0.4, -0.2) is 28.2 Å². The summed E-state index contributed by atoms with van der Waals surface area (Å²) in [5.74, 6) is 1.46. The Morgan fingerprint density at radius 2 is 1.77 bits per heavy atom. The normalized spacial score (nSPS) is 22.0. The molecule has 0 fully saturated rings. The summed E-state index contributed by atoms with van der Waals surface area (Å²) in [6.07, 6.45) is -1.19. The van der Waals surface area contributed by atoms with Crippen LogP contribution < -0.4 is 14.2 Å². The van der Waals surface area contributed by atoms with E-state index in [1.54, 1.807) is 18.2 Å². The topological polar surface area (TPSA) is 88.4 Å². The van der Waals surface area contributed by atoms with Gasteiger partial charge in [0.25, 0.3) is 0 Å². The lowest BCUT2D eigenvalue weighted by molar-refractivity contribution is 0.0197. The van der Waals surface area contributed by atoms with Crippen LogP contribution in [0.3, 0.4) is 0 Å².